The molecular formula is C23H25F3N2O4. The number of amides is 2. The van der Waals surface area contributed by atoms with E-state index in [4.69, 9.17) is 4.74 Å². The van der Waals surface area contributed by atoms with Crippen LogP contribution < -0.4 is 20.1 Å². The number of benzene rings is 2. The van der Waals surface area contributed by atoms with E-state index in [-0.39, 0.29) is 36.1 Å². The zero-order chi connectivity index (χ0) is 23.5. The van der Waals surface area contributed by atoms with E-state index in [1.165, 1.54) is 25.1 Å². The SMILES string of the molecule is CC(=O)NC(C(=O)NCC1Cc2cc(-c3cccc(OC(F)(F)F)c3)ccc2O1)C(C)C. The van der Waals surface area contributed by atoms with Gasteiger partial charge in [0.05, 0.1) is 6.54 Å². The zero-order valence-corrected chi connectivity index (χ0v) is 18.0. The Hall–Kier alpha value is -3.23. The Bertz CT molecular complexity index is 991. The van der Waals surface area contributed by atoms with E-state index in [0.717, 1.165) is 11.1 Å². The van der Waals surface area contributed by atoms with Gasteiger partial charge in [-0.1, -0.05) is 32.0 Å². The van der Waals surface area contributed by atoms with Crippen LogP contribution in [0.4, 0.5) is 13.2 Å². The summed E-state index contributed by atoms with van der Waals surface area (Å²) < 4.78 is 47.4. The van der Waals surface area contributed by atoms with E-state index in [9.17, 15) is 22.8 Å². The number of alkyl halides is 3. The quantitative estimate of drug-likeness (QED) is 0.672. The predicted molar refractivity (Wildman–Crippen MR) is 112 cm³/mol. The van der Waals surface area contributed by atoms with Gasteiger partial charge in [0, 0.05) is 13.3 Å². The Kier molecular flexibility index (Phi) is 6.96. The third-order valence-corrected chi connectivity index (χ3v) is 5.01. The minimum absolute atomic E-state index is 0.0692. The van der Waals surface area contributed by atoms with Crippen molar-refractivity contribution >= 4 is 11.8 Å². The van der Waals surface area contributed by atoms with Crippen molar-refractivity contribution in [2.45, 2.75) is 45.7 Å². The molecule has 3 rings (SSSR count). The van der Waals surface area contributed by atoms with Crippen LogP contribution in [0.5, 0.6) is 11.5 Å². The molecule has 9 heteroatoms. The molecule has 0 saturated heterocycles. The van der Waals surface area contributed by atoms with Gasteiger partial charge in [0.1, 0.15) is 23.6 Å². The highest BCUT2D eigenvalue weighted by Gasteiger charge is 2.31. The number of ether oxygens (including phenoxy) is 2. The number of hydrogen-bond donors (Lipinski definition) is 2. The molecule has 172 valence electrons. The summed E-state index contributed by atoms with van der Waals surface area (Å²) >= 11 is 0. The van der Waals surface area contributed by atoms with Gasteiger partial charge in [-0.2, -0.15) is 0 Å². The molecule has 2 amide bonds. The molecule has 1 aliphatic heterocycles. The number of fused-ring (bicyclic) bond motifs is 1. The first-order chi connectivity index (χ1) is 15.0. The highest BCUT2D eigenvalue weighted by Crippen LogP contribution is 2.34. The summed E-state index contributed by atoms with van der Waals surface area (Å²) in [6.45, 7) is 5.32. The number of nitrogens with one attached hydrogen (secondary N) is 2. The van der Waals surface area contributed by atoms with E-state index in [0.29, 0.717) is 17.7 Å². The zero-order valence-electron chi connectivity index (χ0n) is 18.0. The van der Waals surface area contributed by atoms with Crippen molar-refractivity contribution in [3.63, 3.8) is 0 Å². The molecule has 1 aliphatic rings. The van der Waals surface area contributed by atoms with E-state index in [2.05, 4.69) is 15.4 Å². The molecule has 2 aromatic carbocycles. The Balaban J connectivity index is 1.64. The van der Waals surface area contributed by atoms with Crippen LogP contribution in [0.15, 0.2) is 42.5 Å². The molecule has 2 atom stereocenters. The predicted octanol–water partition coefficient (Wildman–Crippen LogP) is 3.83. The summed E-state index contributed by atoms with van der Waals surface area (Å²) in [4.78, 5) is 23.8. The molecule has 0 fully saturated rings. The summed E-state index contributed by atoms with van der Waals surface area (Å²) in [6, 6.07) is 10.5. The number of carbonyl (C=O) groups excluding carboxylic acids is 2. The smallest absolute Gasteiger partial charge is 0.488 e. The van der Waals surface area contributed by atoms with Crippen LogP contribution in [0, 0.1) is 5.92 Å². The van der Waals surface area contributed by atoms with Gasteiger partial charge < -0.3 is 20.1 Å². The first-order valence-electron chi connectivity index (χ1n) is 10.2. The summed E-state index contributed by atoms with van der Waals surface area (Å²) in [6.07, 6.45) is -4.50. The average molecular weight is 450 g/mol. The lowest BCUT2D eigenvalue weighted by Crippen LogP contribution is -2.50. The molecule has 6 nitrogen and oxygen atoms in total. The lowest BCUT2D eigenvalue weighted by atomic mass is 10.0. The van der Waals surface area contributed by atoms with Gasteiger partial charge in [-0.3, -0.25) is 9.59 Å². The molecule has 2 aromatic rings. The van der Waals surface area contributed by atoms with Crippen molar-refractivity contribution in [3.05, 3.63) is 48.0 Å². The molecule has 0 saturated carbocycles. The first kappa shape index (κ1) is 23.4. The molecule has 2 unspecified atom stereocenters. The normalized spacial score (nSPS) is 16.2. The van der Waals surface area contributed by atoms with Crippen molar-refractivity contribution in [1.82, 2.24) is 10.6 Å². The third kappa shape index (κ3) is 6.15. The summed E-state index contributed by atoms with van der Waals surface area (Å²) in [5.41, 5.74) is 2.21. The van der Waals surface area contributed by atoms with Crippen LogP contribution >= 0.6 is 0 Å². The fourth-order valence-corrected chi connectivity index (χ4v) is 3.56. The van der Waals surface area contributed by atoms with Crippen LogP contribution in [0.1, 0.15) is 26.3 Å². The molecule has 1 heterocycles. The maximum Gasteiger partial charge on any atom is 0.573 e. The van der Waals surface area contributed by atoms with E-state index in [1.807, 2.05) is 19.9 Å². The van der Waals surface area contributed by atoms with E-state index >= 15 is 0 Å². The molecule has 0 aromatic heterocycles. The second kappa shape index (κ2) is 9.50. The number of rotatable bonds is 7. The highest BCUT2D eigenvalue weighted by atomic mass is 19.4. The highest BCUT2D eigenvalue weighted by molar-refractivity contribution is 5.87. The van der Waals surface area contributed by atoms with Gasteiger partial charge in [-0.15, -0.1) is 13.2 Å². The van der Waals surface area contributed by atoms with E-state index < -0.39 is 12.4 Å². The number of hydrogen-bond acceptors (Lipinski definition) is 4. The lowest BCUT2D eigenvalue weighted by Gasteiger charge is -2.22. The average Bonchev–Trinajstić information content (AvgIpc) is 3.11. The summed E-state index contributed by atoms with van der Waals surface area (Å²) in [5.74, 6) is -0.248. The van der Waals surface area contributed by atoms with Crippen molar-refractivity contribution in [2.75, 3.05) is 6.54 Å². The fourth-order valence-electron chi connectivity index (χ4n) is 3.56. The van der Waals surface area contributed by atoms with Gasteiger partial charge in [-0.05, 0) is 46.9 Å². The lowest BCUT2D eigenvalue weighted by molar-refractivity contribution is -0.274. The van der Waals surface area contributed by atoms with Crippen molar-refractivity contribution in [1.29, 1.82) is 0 Å². The maximum atomic E-state index is 12.5. The minimum Gasteiger partial charge on any atom is -0.488 e. The monoisotopic (exact) mass is 450 g/mol. The Morgan fingerprint density at radius 2 is 1.88 bits per heavy atom. The topological polar surface area (TPSA) is 76.7 Å². The molecule has 0 radical (unpaired) electrons. The van der Waals surface area contributed by atoms with Gasteiger partial charge in [0.15, 0.2) is 0 Å². The maximum absolute atomic E-state index is 12.5. The molecular weight excluding hydrogens is 425 g/mol. The van der Waals surface area contributed by atoms with Crippen LogP contribution in [-0.4, -0.2) is 36.9 Å². The van der Waals surface area contributed by atoms with Crippen molar-refractivity contribution < 1.29 is 32.2 Å². The molecule has 0 bridgehead atoms. The second-order valence-electron chi connectivity index (χ2n) is 8.01. The fraction of sp³-hybridized carbons (Fsp3) is 0.391. The van der Waals surface area contributed by atoms with Crippen LogP contribution in [0.3, 0.4) is 0 Å². The van der Waals surface area contributed by atoms with Crippen molar-refractivity contribution in [2.24, 2.45) is 5.92 Å². The number of halogens is 3. The molecule has 32 heavy (non-hydrogen) atoms. The van der Waals surface area contributed by atoms with Crippen LogP contribution in [0.25, 0.3) is 11.1 Å². The molecule has 0 spiro atoms. The van der Waals surface area contributed by atoms with E-state index in [1.54, 1.807) is 18.2 Å². The second-order valence-corrected chi connectivity index (χ2v) is 8.01. The van der Waals surface area contributed by atoms with Crippen molar-refractivity contribution in [3.8, 4) is 22.6 Å². The summed E-state index contributed by atoms with van der Waals surface area (Å²) in [7, 11) is 0. The van der Waals surface area contributed by atoms with Gasteiger partial charge >= 0.3 is 6.36 Å². The Morgan fingerprint density at radius 3 is 2.53 bits per heavy atom. The number of carbonyl (C=O) groups is 2. The van der Waals surface area contributed by atoms with Gasteiger partial charge in [0.2, 0.25) is 11.8 Å². The summed E-state index contributed by atoms with van der Waals surface area (Å²) in [5, 5.41) is 5.46. The Morgan fingerprint density at radius 1 is 1.16 bits per heavy atom. The molecule has 2 N–H and O–H groups in total. The molecule has 0 aliphatic carbocycles. The van der Waals surface area contributed by atoms with Crippen LogP contribution in [-0.2, 0) is 16.0 Å². The Labute approximate surface area is 184 Å². The van der Waals surface area contributed by atoms with Crippen LogP contribution in [0.2, 0.25) is 0 Å². The minimum atomic E-state index is -4.75. The third-order valence-electron chi connectivity index (χ3n) is 5.01. The van der Waals surface area contributed by atoms with Gasteiger partial charge in [-0.25, -0.2) is 0 Å². The largest absolute Gasteiger partial charge is 0.573 e. The first-order valence-corrected chi connectivity index (χ1v) is 10.2. The standard InChI is InChI=1S/C23H25F3N2O4/c1-13(2)21(28-14(3)29)22(30)27-12-19-11-17-9-16(7-8-20(17)31-19)15-5-4-6-18(10-15)32-23(24,25)26/h4-10,13,19,21H,11-12H2,1-3H3,(H,27,30)(H,28,29). The van der Waals surface area contributed by atoms with Gasteiger partial charge in [0.25, 0.3) is 0 Å².